The smallest absolute Gasteiger partial charge is 0.364 e. The highest BCUT2D eigenvalue weighted by Crippen LogP contribution is 2.32. The summed E-state index contributed by atoms with van der Waals surface area (Å²) in [6.45, 7) is 1.55. The van der Waals surface area contributed by atoms with Crippen LogP contribution in [0.15, 0.2) is 53.0 Å². The molecule has 0 fully saturated rings. The van der Waals surface area contributed by atoms with Gasteiger partial charge in [-0.3, -0.25) is 14.3 Å². The van der Waals surface area contributed by atoms with Crippen LogP contribution in [0.25, 0.3) is 10.9 Å². The van der Waals surface area contributed by atoms with Gasteiger partial charge >= 0.3 is 6.18 Å². The first kappa shape index (κ1) is 24.3. The minimum Gasteiger partial charge on any atom is -0.364 e. The van der Waals surface area contributed by atoms with Crippen molar-refractivity contribution in [2.75, 3.05) is 5.32 Å². The fourth-order valence-electron chi connectivity index (χ4n) is 3.57. The van der Waals surface area contributed by atoms with Crippen LogP contribution in [0, 0.1) is 12.7 Å². The molecule has 4 aromatic rings. The number of rotatable bonds is 5. The second-order valence-corrected chi connectivity index (χ2v) is 8.54. The minimum absolute atomic E-state index is 0.0352. The molecule has 4 rings (SSSR count). The predicted octanol–water partition coefficient (Wildman–Crippen LogP) is 5.06. The molecule has 0 spiro atoms. The highest BCUT2D eigenvalue weighted by atomic mass is 79.9. The van der Waals surface area contributed by atoms with Gasteiger partial charge in [0.1, 0.15) is 17.2 Å². The number of nitrogens with one attached hydrogen (secondary N) is 1. The number of benzene rings is 2. The first-order chi connectivity index (χ1) is 16.4. The Morgan fingerprint density at radius 3 is 2.43 bits per heavy atom. The third-order valence-electron chi connectivity index (χ3n) is 5.15. The van der Waals surface area contributed by atoms with Crippen molar-refractivity contribution < 1.29 is 27.2 Å². The molecule has 0 aliphatic heterocycles. The molecule has 0 saturated carbocycles. The van der Waals surface area contributed by atoms with Crippen molar-refractivity contribution in [3.63, 3.8) is 0 Å². The molecular formula is C23H16BrF4N5O2. The second-order valence-electron chi connectivity index (χ2n) is 7.63. The summed E-state index contributed by atoms with van der Waals surface area (Å²) in [5.41, 5.74) is 4.58. The number of nitrogens with two attached hydrogens (primary N) is 1. The van der Waals surface area contributed by atoms with Crippen molar-refractivity contribution in [2.24, 2.45) is 5.73 Å². The predicted molar refractivity (Wildman–Crippen MR) is 123 cm³/mol. The van der Waals surface area contributed by atoms with Gasteiger partial charge in [-0.05, 0) is 48.9 Å². The Kier molecular flexibility index (Phi) is 6.32. The summed E-state index contributed by atoms with van der Waals surface area (Å²) >= 11 is 3.24. The quantitative estimate of drug-likeness (QED) is 0.339. The largest absolute Gasteiger partial charge is 0.433 e. The summed E-state index contributed by atoms with van der Waals surface area (Å²) in [5, 5.41) is 6.89. The van der Waals surface area contributed by atoms with Crippen LogP contribution in [-0.4, -0.2) is 26.6 Å². The number of aromatic nitrogens is 3. The number of primary amides is 1. The maximum Gasteiger partial charge on any atom is 0.433 e. The number of aryl methyl sites for hydroxylation is 1. The number of hydrogen-bond donors (Lipinski definition) is 2. The number of fused-ring (bicyclic) bond motifs is 1. The van der Waals surface area contributed by atoms with Gasteiger partial charge in [0.05, 0.1) is 29.0 Å². The van der Waals surface area contributed by atoms with Gasteiger partial charge in [-0.2, -0.15) is 18.3 Å². The molecule has 35 heavy (non-hydrogen) atoms. The van der Waals surface area contributed by atoms with E-state index in [0.717, 1.165) is 0 Å². The van der Waals surface area contributed by atoms with Crippen molar-refractivity contribution in [1.82, 2.24) is 14.8 Å². The highest BCUT2D eigenvalue weighted by molar-refractivity contribution is 9.10. The first-order valence-corrected chi connectivity index (χ1v) is 10.8. The zero-order chi connectivity index (χ0) is 25.5. The molecule has 2 amide bonds. The van der Waals surface area contributed by atoms with E-state index in [4.69, 9.17) is 5.73 Å². The highest BCUT2D eigenvalue weighted by Gasteiger charge is 2.34. The zero-order valence-electron chi connectivity index (χ0n) is 18.0. The lowest BCUT2D eigenvalue weighted by molar-refractivity contribution is -0.140. The average molecular weight is 550 g/mol. The van der Waals surface area contributed by atoms with Gasteiger partial charge in [-0.15, -0.1) is 0 Å². The molecule has 12 heteroatoms. The lowest BCUT2D eigenvalue weighted by Gasteiger charge is -2.13. The Labute approximate surface area is 204 Å². The molecule has 7 nitrogen and oxygen atoms in total. The first-order valence-electron chi connectivity index (χ1n) is 10.0. The summed E-state index contributed by atoms with van der Waals surface area (Å²) in [6.07, 6.45) is -4.79. The van der Waals surface area contributed by atoms with E-state index in [2.05, 4.69) is 31.3 Å². The summed E-state index contributed by atoms with van der Waals surface area (Å²) in [7, 11) is 0. The van der Waals surface area contributed by atoms with Crippen LogP contribution >= 0.6 is 15.9 Å². The Hall–Kier alpha value is -3.80. The maximum absolute atomic E-state index is 13.4. The fraction of sp³-hybridized carbons (Fsp3) is 0.130. The molecule has 2 aromatic carbocycles. The van der Waals surface area contributed by atoms with Crippen LogP contribution in [0.1, 0.15) is 37.8 Å². The summed E-state index contributed by atoms with van der Waals surface area (Å²) in [4.78, 5) is 29.1. The number of pyridine rings is 1. The number of hydrogen-bond acceptors (Lipinski definition) is 4. The van der Waals surface area contributed by atoms with Gasteiger partial charge in [-0.1, -0.05) is 28.1 Å². The van der Waals surface area contributed by atoms with Crippen molar-refractivity contribution in [2.45, 2.75) is 19.6 Å². The lowest BCUT2D eigenvalue weighted by Crippen LogP contribution is -2.22. The van der Waals surface area contributed by atoms with Crippen LogP contribution in [0.4, 0.5) is 23.2 Å². The van der Waals surface area contributed by atoms with E-state index in [1.807, 2.05) is 0 Å². The van der Waals surface area contributed by atoms with E-state index in [-0.39, 0.29) is 40.1 Å². The number of anilines is 1. The SMILES string of the molecule is Cc1nn(Cc2ccc(F)cc2)c(C(N)=O)c1NC(=O)c1cc(C(F)(F)F)nc2ccc(Br)cc12. The number of alkyl halides is 3. The van der Waals surface area contributed by atoms with Crippen molar-refractivity contribution >= 4 is 44.3 Å². The second kappa shape index (κ2) is 9.10. The third-order valence-corrected chi connectivity index (χ3v) is 5.64. The van der Waals surface area contributed by atoms with Gasteiger partial charge < -0.3 is 11.1 Å². The molecule has 0 unspecified atom stereocenters. The molecule has 0 atom stereocenters. The number of carbonyl (C=O) groups excluding carboxylic acids is 2. The van der Waals surface area contributed by atoms with Crippen molar-refractivity contribution in [3.8, 4) is 0 Å². The molecule has 0 saturated heterocycles. The third kappa shape index (κ3) is 5.02. The maximum atomic E-state index is 13.4. The summed E-state index contributed by atoms with van der Waals surface area (Å²) < 4.78 is 55.3. The number of halogens is 5. The summed E-state index contributed by atoms with van der Waals surface area (Å²) in [6, 6.07) is 10.4. The molecule has 2 aromatic heterocycles. The van der Waals surface area contributed by atoms with Gasteiger partial charge in [0.15, 0.2) is 0 Å². The van der Waals surface area contributed by atoms with Gasteiger partial charge in [0.2, 0.25) is 0 Å². The van der Waals surface area contributed by atoms with E-state index < -0.39 is 29.5 Å². The Bertz CT molecular complexity index is 1470. The van der Waals surface area contributed by atoms with Crippen molar-refractivity contribution in [1.29, 1.82) is 0 Å². The molecule has 0 aliphatic rings. The van der Waals surface area contributed by atoms with E-state index in [1.165, 1.54) is 54.1 Å². The molecule has 0 bridgehead atoms. The fourth-order valence-corrected chi connectivity index (χ4v) is 3.93. The molecule has 0 aliphatic carbocycles. The molecule has 0 radical (unpaired) electrons. The number of nitrogens with zero attached hydrogens (tertiary/aromatic N) is 3. The van der Waals surface area contributed by atoms with Crippen LogP contribution in [0.5, 0.6) is 0 Å². The average Bonchev–Trinajstić information content (AvgIpc) is 3.08. The lowest BCUT2D eigenvalue weighted by atomic mass is 10.1. The summed E-state index contributed by atoms with van der Waals surface area (Å²) in [5.74, 6) is -2.27. The molecule has 3 N–H and O–H groups in total. The minimum atomic E-state index is -4.79. The number of carbonyl (C=O) groups is 2. The van der Waals surface area contributed by atoms with Crippen LogP contribution in [0.2, 0.25) is 0 Å². The monoisotopic (exact) mass is 549 g/mol. The normalized spacial score (nSPS) is 11.6. The van der Waals surface area contributed by atoms with Gasteiger partial charge in [0.25, 0.3) is 11.8 Å². The zero-order valence-corrected chi connectivity index (χ0v) is 19.5. The Balaban J connectivity index is 1.77. The molecule has 180 valence electrons. The van der Waals surface area contributed by atoms with Gasteiger partial charge in [-0.25, -0.2) is 9.37 Å². The molecule has 2 heterocycles. The Morgan fingerprint density at radius 1 is 1.11 bits per heavy atom. The number of amides is 2. The standard InChI is InChI=1S/C23H16BrF4N5O2/c1-11-19(20(21(29)34)33(32-11)10-12-2-5-14(25)6-3-12)31-22(35)16-9-18(23(26,27)28)30-17-7-4-13(24)8-15(16)17/h2-9H,10H2,1H3,(H2,29,34)(H,31,35). The van der Waals surface area contributed by atoms with Gasteiger partial charge in [0, 0.05) is 9.86 Å². The van der Waals surface area contributed by atoms with E-state index in [1.54, 1.807) is 0 Å². The van der Waals surface area contributed by atoms with Crippen molar-refractivity contribution in [3.05, 3.63) is 87.0 Å². The topological polar surface area (TPSA) is 103 Å². The van der Waals surface area contributed by atoms with E-state index in [0.29, 0.717) is 16.1 Å². The Morgan fingerprint density at radius 2 is 1.80 bits per heavy atom. The van der Waals surface area contributed by atoms with Crippen LogP contribution in [0.3, 0.4) is 0 Å². The van der Waals surface area contributed by atoms with Crippen LogP contribution < -0.4 is 11.1 Å². The van der Waals surface area contributed by atoms with E-state index >= 15 is 0 Å². The van der Waals surface area contributed by atoms with E-state index in [9.17, 15) is 27.2 Å². The molecular weight excluding hydrogens is 534 g/mol. The van der Waals surface area contributed by atoms with Crippen LogP contribution in [-0.2, 0) is 12.7 Å².